The molecule has 0 atom stereocenters. The van der Waals surface area contributed by atoms with E-state index in [1.54, 1.807) is 10.7 Å². The van der Waals surface area contributed by atoms with Gasteiger partial charge in [0.25, 0.3) is 5.91 Å². The molecule has 0 fully saturated rings. The number of carbonyl (C=O) groups excluding carboxylic acids is 1. The van der Waals surface area contributed by atoms with Crippen molar-refractivity contribution in [3.63, 3.8) is 0 Å². The minimum Gasteiger partial charge on any atom is -0.305 e. The molecule has 0 bridgehead atoms. The summed E-state index contributed by atoms with van der Waals surface area (Å²) in [6.45, 7) is 3.89. The van der Waals surface area contributed by atoms with Crippen LogP contribution in [0.2, 0.25) is 0 Å². The second-order valence-electron chi connectivity index (χ2n) is 6.12. The lowest BCUT2D eigenvalue weighted by molar-refractivity contribution is -0.137. The molecule has 4 nitrogen and oxygen atoms in total. The van der Waals surface area contributed by atoms with Crippen LogP contribution in [0.3, 0.4) is 0 Å². The number of hydrogen-bond acceptors (Lipinski definition) is 2. The Bertz CT molecular complexity index is 977. The molecule has 1 heterocycles. The number of hydrogen-bond donors (Lipinski definition) is 1. The Hall–Kier alpha value is -3.09. The van der Waals surface area contributed by atoms with Gasteiger partial charge in [-0.15, -0.1) is 5.10 Å². The minimum atomic E-state index is -4.61. The molecule has 0 saturated heterocycles. The number of rotatable bonds is 4. The van der Waals surface area contributed by atoms with Crippen LogP contribution in [-0.4, -0.2) is 15.7 Å². The number of alkyl halides is 3. The van der Waals surface area contributed by atoms with E-state index >= 15 is 0 Å². The first-order chi connectivity index (χ1) is 12.8. The van der Waals surface area contributed by atoms with E-state index in [0.717, 1.165) is 29.1 Å². The highest BCUT2D eigenvalue weighted by atomic mass is 19.4. The maximum Gasteiger partial charge on any atom is 0.417 e. The molecule has 2 aromatic carbocycles. The first kappa shape index (κ1) is 18.7. The van der Waals surface area contributed by atoms with E-state index in [-0.39, 0.29) is 5.82 Å². The predicted octanol–water partition coefficient (Wildman–Crippen LogP) is 5.01. The highest BCUT2D eigenvalue weighted by molar-refractivity contribution is 6.05. The average Bonchev–Trinajstić information content (AvgIpc) is 3.04. The van der Waals surface area contributed by atoms with Crippen molar-refractivity contribution in [3.8, 4) is 5.69 Å². The number of amides is 1. The summed E-state index contributed by atoms with van der Waals surface area (Å²) in [5.74, 6) is -0.644. The van der Waals surface area contributed by atoms with Crippen LogP contribution in [0.25, 0.3) is 5.69 Å². The summed E-state index contributed by atoms with van der Waals surface area (Å²) < 4.78 is 41.1. The lowest BCUT2D eigenvalue weighted by Crippen LogP contribution is -2.19. The van der Waals surface area contributed by atoms with Crippen molar-refractivity contribution >= 4 is 11.7 Å². The third kappa shape index (κ3) is 4.02. The second-order valence-corrected chi connectivity index (χ2v) is 6.12. The Labute approximate surface area is 154 Å². The topological polar surface area (TPSA) is 46.9 Å². The van der Waals surface area contributed by atoms with Crippen molar-refractivity contribution in [1.82, 2.24) is 9.78 Å². The van der Waals surface area contributed by atoms with Crippen LogP contribution in [0, 0.1) is 6.92 Å². The van der Waals surface area contributed by atoms with Gasteiger partial charge in [0.2, 0.25) is 0 Å². The summed E-state index contributed by atoms with van der Waals surface area (Å²) in [6, 6.07) is 14.0. The second kappa shape index (κ2) is 7.26. The first-order valence-corrected chi connectivity index (χ1v) is 8.43. The van der Waals surface area contributed by atoms with Gasteiger partial charge in [0.1, 0.15) is 0 Å². The largest absolute Gasteiger partial charge is 0.417 e. The van der Waals surface area contributed by atoms with Crippen molar-refractivity contribution in [1.29, 1.82) is 0 Å². The summed E-state index contributed by atoms with van der Waals surface area (Å²) in [6.07, 6.45) is -3.96. The van der Waals surface area contributed by atoms with Crippen LogP contribution in [0.1, 0.15) is 34.1 Å². The van der Waals surface area contributed by atoms with Gasteiger partial charge >= 0.3 is 6.18 Å². The molecule has 3 rings (SSSR count). The molecule has 1 aromatic heterocycles. The van der Waals surface area contributed by atoms with Crippen LogP contribution < -0.4 is 5.32 Å². The Morgan fingerprint density at radius 1 is 1.11 bits per heavy atom. The molecule has 27 heavy (non-hydrogen) atoms. The van der Waals surface area contributed by atoms with Gasteiger partial charge in [-0.3, -0.25) is 4.79 Å². The maximum atomic E-state index is 13.1. The summed E-state index contributed by atoms with van der Waals surface area (Å²) in [5, 5.41) is 6.83. The summed E-state index contributed by atoms with van der Waals surface area (Å²) in [4.78, 5) is 12.4. The van der Waals surface area contributed by atoms with Crippen LogP contribution in [-0.2, 0) is 12.6 Å². The molecule has 1 N–H and O–H groups in total. The lowest BCUT2D eigenvalue weighted by atomic mass is 10.1. The Morgan fingerprint density at radius 3 is 2.52 bits per heavy atom. The molecular weight excluding hydrogens is 355 g/mol. The number of nitrogens with one attached hydrogen (secondary N) is 1. The fourth-order valence-electron chi connectivity index (χ4n) is 2.83. The number of carbonyl (C=O) groups is 1. The molecule has 140 valence electrons. The number of halogens is 3. The van der Waals surface area contributed by atoms with Gasteiger partial charge in [0.05, 0.1) is 16.8 Å². The monoisotopic (exact) mass is 373 g/mol. The molecule has 0 aliphatic heterocycles. The molecule has 3 aromatic rings. The molecule has 7 heteroatoms. The molecule has 0 saturated carbocycles. The SMILES string of the molecule is CCc1cc(NC(=O)c2ccccc2C(F)(F)F)nn1-c1cccc(C)c1. The number of aryl methyl sites for hydroxylation is 2. The lowest BCUT2D eigenvalue weighted by Gasteiger charge is -2.11. The zero-order valence-corrected chi connectivity index (χ0v) is 14.8. The summed E-state index contributed by atoms with van der Waals surface area (Å²) in [7, 11) is 0. The fourth-order valence-corrected chi connectivity index (χ4v) is 2.83. The number of nitrogens with zero attached hydrogens (tertiary/aromatic N) is 2. The molecular formula is C20H18F3N3O. The Kier molecular flexibility index (Phi) is 5.03. The van der Waals surface area contributed by atoms with Crippen molar-refractivity contribution in [2.24, 2.45) is 0 Å². The van der Waals surface area contributed by atoms with Crippen molar-refractivity contribution in [2.45, 2.75) is 26.4 Å². The normalized spacial score (nSPS) is 11.4. The molecule has 1 amide bonds. The van der Waals surface area contributed by atoms with Gasteiger partial charge in [0, 0.05) is 11.8 Å². The summed E-state index contributed by atoms with van der Waals surface area (Å²) >= 11 is 0. The molecule has 0 spiro atoms. The van der Waals surface area contributed by atoms with E-state index < -0.39 is 23.2 Å². The van der Waals surface area contributed by atoms with E-state index in [0.29, 0.717) is 6.42 Å². The first-order valence-electron chi connectivity index (χ1n) is 8.43. The van der Waals surface area contributed by atoms with Crippen LogP contribution >= 0.6 is 0 Å². The third-order valence-corrected chi connectivity index (χ3v) is 4.11. The van der Waals surface area contributed by atoms with Crippen LogP contribution in [0.4, 0.5) is 19.0 Å². The highest BCUT2D eigenvalue weighted by Crippen LogP contribution is 2.32. The van der Waals surface area contributed by atoms with Gasteiger partial charge in [-0.05, 0) is 43.2 Å². The molecule has 0 aliphatic rings. The van der Waals surface area contributed by atoms with E-state index in [2.05, 4.69) is 10.4 Å². The molecule has 0 unspecified atom stereocenters. The smallest absolute Gasteiger partial charge is 0.305 e. The number of aromatic nitrogens is 2. The fraction of sp³-hybridized carbons (Fsp3) is 0.200. The predicted molar refractivity (Wildman–Crippen MR) is 97.1 cm³/mol. The van der Waals surface area contributed by atoms with E-state index in [1.165, 1.54) is 12.1 Å². The highest BCUT2D eigenvalue weighted by Gasteiger charge is 2.35. The number of benzene rings is 2. The van der Waals surface area contributed by atoms with Crippen molar-refractivity contribution in [2.75, 3.05) is 5.32 Å². The van der Waals surface area contributed by atoms with Crippen LogP contribution in [0.15, 0.2) is 54.6 Å². The van der Waals surface area contributed by atoms with Crippen molar-refractivity contribution < 1.29 is 18.0 Å². The van der Waals surface area contributed by atoms with E-state index in [1.807, 2.05) is 38.1 Å². The third-order valence-electron chi connectivity index (χ3n) is 4.11. The zero-order chi connectivity index (χ0) is 19.6. The van der Waals surface area contributed by atoms with Gasteiger partial charge in [-0.1, -0.05) is 31.2 Å². The Morgan fingerprint density at radius 2 is 1.85 bits per heavy atom. The maximum absolute atomic E-state index is 13.1. The molecule has 0 aliphatic carbocycles. The Balaban J connectivity index is 1.92. The minimum absolute atomic E-state index is 0.204. The number of anilines is 1. The molecule has 0 radical (unpaired) electrons. The van der Waals surface area contributed by atoms with Crippen LogP contribution in [0.5, 0.6) is 0 Å². The quantitative estimate of drug-likeness (QED) is 0.698. The van der Waals surface area contributed by atoms with Gasteiger partial charge < -0.3 is 5.32 Å². The van der Waals surface area contributed by atoms with E-state index in [4.69, 9.17) is 0 Å². The van der Waals surface area contributed by atoms with Gasteiger partial charge in [0.15, 0.2) is 5.82 Å². The van der Waals surface area contributed by atoms with Gasteiger partial charge in [-0.25, -0.2) is 4.68 Å². The average molecular weight is 373 g/mol. The van der Waals surface area contributed by atoms with Crippen molar-refractivity contribution in [3.05, 3.63) is 77.0 Å². The van der Waals surface area contributed by atoms with Gasteiger partial charge in [-0.2, -0.15) is 13.2 Å². The van der Waals surface area contributed by atoms with E-state index in [9.17, 15) is 18.0 Å². The summed E-state index contributed by atoms with van der Waals surface area (Å²) in [5.41, 5.74) is 1.29. The standard InChI is InChI=1S/C20H18F3N3O/c1-3-14-12-18(25-26(14)15-8-6-7-13(2)11-15)24-19(27)16-9-4-5-10-17(16)20(21,22)23/h4-12H,3H2,1-2H3,(H,24,25,27). The zero-order valence-electron chi connectivity index (χ0n) is 14.8.